The molecule has 5 heteroatoms. The molecule has 2 heterocycles. The van der Waals surface area contributed by atoms with Crippen molar-refractivity contribution < 1.29 is 0 Å². The third-order valence-electron chi connectivity index (χ3n) is 4.12. The number of nitrogens with zero attached hydrogens (tertiary/aromatic N) is 3. The Morgan fingerprint density at radius 2 is 1.82 bits per heavy atom. The summed E-state index contributed by atoms with van der Waals surface area (Å²) in [6.45, 7) is 8.54. The molecular formula is C17H20N4S. The molecular weight excluding hydrogens is 292 g/mol. The summed E-state index contributed by atoms with van der Waals surface area (Å²) >= 11 is 1.53. The van der Waals surface area contributed by atoms with Crippen LogP contribution in [0.25, 0.3) is 5.69 Å². The number of amidine groups is 1. The fourth-order valence-corrected chi connectivity index (χ4v) is 3.35. The lowest BCUT2D eigenvalue weighted by atomic mass is 10.1. The summed E-state index contributed by atoms with van der Waals surface area (Å²) in [6.07, 6.45) is 0. The zero-order valence-electron chi connectivity index (χ0n) is 13.3. The molecule has 0 bridgehead atoms. The van der Waals surface area contributed by atoms with Gasteiger partial charge in [0.05, 0.1) is 5.71 Å². The van der Waals surface area contributed by atoms with Crippen molar-refractivity contribution in [2.75, 3.05) is 5.75 Å². The molecule has 1 aliphatic rings. The Labute approximate surface area is 135 Å². The number of hydrogen-bond acceptors (Lipinski definition) is 4. The second kappa shape index (κ2) is 5.65. The van der Waals surface area contributed by atoms with E-state index in [1.54, 1.807) is 0 Å². The van der Waals surface area contributed by atoms with Crippen LogP contribution in [-0.4, -0.2) is 21.2 Å². The summed E-state index contributed by atoms with van der Waals surface area (Å²) in [5, 5.41) is 8.80. The Hall–Kier alpha value is -2.01. The van der Waals surface area contributed by atoms with Gasteiger partial charge in [0.1, 0.15) is 0 Å². The van der Waals surface area contributed by atoms with E-state index in [0.29, 0.717) is 5.17 Å². The van der Waals surface area contributed by atoms with Crippen molar-refractivity contribution in [2.45, 2.75) is 27.7 Å². The number of nitrogens with two attached hydrogens (primary N) is 1. The SMILES string of the molecule is Cc1ccc(-n2c(C)cc(C3=NN=C(N)SC3)c2C)cc1C. The smallest absolute Gasteiger partial charge is 0.180 e. The van der Waals surface area contributed by atoms with Crippen LogP contribution in [0.5, 0.6) is 0 Å². The normalized spacial score (nSPS) is 14.7. The monoisotopic (exact) mass is 312 g/mol. The molecule has 0 atom stereocenters. The maximum atomic E-state index is 5.67. The molecule has 0 fully saturated rings. The van der Waals surface area contributed by atoms with Crippen LogP contribution in [0, 0.1) is 27.7 Å². The number of benzene rings is 1. The van der Waals surface area contributed by atoms with Crippen molar-refractivity contribution in [1.82, 2.24) is 4.57 Å². The lowest BCUT2D eigenvalue weighted by Gasteiger charge is -2.13. The minimum atomic E-state index is 0.534. The van der Waals surface area contributed by atoms with Crippen molar-refractivity contribution in [1.29, 1.82) is 0 Å². The number of hydrogen-bond donors (Lipinski definition) is 1. The molecule has 4 nitrogen and oxygen atoms in total. The molecule has 0 aliphatic carbocycles. The van der Waals surface area contributed by atoms with Gasteiger partial charge < -0.3 is 10.3 Å². The summed E-state index contributed by atoms with van der Waals surface area (Å²) in [7, 11) is 0. The minimum absolute atomic E-state index is 0.534. The molecule has 3 rings (SSSR count). The van der Waals surface area contributed by atoms with Crippen molar-refractivity contribution in [3.8, 4) is 5.69 Å². The third-order valence-corrected chi connectivity index (χ3v) is 4.91. The van der Waals surface area contributed by atoms with Gasteiger partial charge in [-0.15, -0.1) is 5.10 Å². The van der Waals surface area contributed by atoms with Gasteiger partial charge in [0.15, 0.2) is 5.17 Å². The van der Waals surface area contributed by atoms with Gasteiger partial charge in [0, 0.05) is 28.4 Å². The second-order valence-electron chi connectivity index (χ2n) is 5.66. The predicted molar refractivity (Wildman–Crippen MR) is 95.3 cm³/mol. The Morgan fingerprint density at radius 3 is 2.45 bits per heavy atom. The van der Waals surface area contributed by atoms with Gasteiger partial charge in [-0.25, -0.2) is 0 Å². The lowest BCUT2D eigenvalue weighted by molar-refractivity contribution is 0.960. The van der Waals surface area contributed by atoms with E-state index >= 15 is 0 Å². The van der Waals surface area contributed by atoms with Crippen LogP contribution in [-0.2, 0) is 0 Å². The fourth-order valence-electron chi connectivity index (χ4n) is 2.76. The Balaban J connectivity index is 2.09. The summed E-state index contributed by atoms with van der Waals surface area (Å²) in [6, 6.07) is 8.75. The van der Waals surface area contributed by atoms with Crippen molar-refractivity contribution >= 4 is 22.6 Å². The highest BCUT2D eigenvalue weighted by atomic mass is 32.2. The Bertz CT molecular complexity index is 799. The molecule has 2 aromatic rings. The summed E-state index contributed by atoms with van der Waals surface area (Å²) in [4.78, 5) is 0. The maximum absolute atomic E-state index is 5.67. The Kier molecular flexibility index (Phi) is 3.83. The van der Waals surface area contributed by atoms with Crippen molar-refractivity contribution in [3.05, 3.63) is 52.3 Å². The van der Waals surface area contributed by atoms with Gasteiger partial charge in [0.2, 0.25) is 0 Å². The number of aryl methyl sites for hydroxylation is 3. The predicted octanol–water partition coefficient (Wildman–Crippen LogP) is 3.48. The molecule has 22 heavy (non-hydrogen) atoms. The molecule has 0 saturated heterocycles. The van der Waals surface area contributed by atoms with Crippen molar-refractivity contribution in [3.63, 3.8) is 0 Å². The van der Waals surface area contributed by atoms with Crippen LogP contribution in [0.2, 0.25) is 0 Å². The van der Waals surface area contributed by atoms with Gasteiger partial charge in [-0.3, -0.25) is 0 Å². The first kappa shape index (κ1) is 14.9. The zero-order valence-corrected chi connectivity index (χ0v) is 14.2. The first-order chi connectivity index (χ1) is 10.5. The van der Waals surface area contributed by atoms with Gasteiger partial charge in [-0.05, 0) is 57.0 Å². The Morgan fingerprint density at radius 1 is 1.05 bits per heavy atom. The number of thioether (sulfide) groups is 1. The summed E-state index contributed by atoms with van der Waals surface area (Å²) in [5.41, 5.74) is 14.0. The van der Waals surface area contributed by atoms with E-state index in [0.717, 1.165) is 17.0 Å². The minimum Gasteiger partial charge on any atom is -0.377 e. The van der Waals surface area contributed by atoms with E-state index in [9.17, 15) is 0 Å². The first-order valence-electron chi connectivity index (χ1n) is 7.27. The quantitative estimate of drug-likeness (QED) is 0.923. The lowest BCUT2D eigenvalue weighted by Crippen LogP contribution is -2.16. The van der Waals surface area contributed by atoms with E-state index in [2.05, 4.69) is 66.7 Å². The van der Waals surface area contributed by atoms with Gasteiger partial charge >= 0.3 is 0 Å². The van der Waals surface area contributed by atoms with E-state index in [4.69, 9.17) is 5.73 Å². The molecule has 2 N–H and O–H groups in total. The molecule has 0 saturated carbocycles. The molecule has 0 radical (unpaired) electrons. The molecule has 1 aliphatic heterocycles. The average molecular weight is 312 g/mol. The highest BCUT2D eigenvalue weighted by Crippen LogP contribution is 2.25. The standard InChI is InChI=1S/C17H20N4S/c1-10-5-6-14(7-11(10)2)21-12(3)8-15(13(21)4)16-9-22-17(18)20-19-16/h5-8H,9H2,1-4H3,(H2,18,20). The van der Waals surface area contributed by atoms with E-state index in [1.165, 1.54) is 40.0 Å². The summed E-state index contributed by atoms with van der Waals surface area (Å²) in [5.74, 6) is 0.770. The third kappa shape index (κ3) is 2.57. The van der Waals surface area contributed by atoms with E-state index in [-0.39, 0.29) is 0 Å². The van der Waals surface area contributed by atoms with Gasteiger partial charge in [0.25, 0.3) is 0 Å². The van der Waals surface area contributed by atoms with Crippen LogP contribution in [0.15, 0.2) is 34.5 Å². The fraction of sp³-hybridized carbons (Fsp3) is 0.294. The number of aromatic nitrogens is 1. The highest BCUT2D eigenvalue weighted by molar-refractivity contribution is 8.14. The summed E-state index contributed by atoms with van der Waals surface area (Å²) < 4.78 is 2.27. The van der Waals surface area contributed by atoms with Crippen LogP contribution in [0.4, 0.5) is 0 Å². The molecule has 1 aromatic heterocycles. The topological polar surface area (TPSA) is 55.7 Å². The molecule has 0 amide bonds. The first-order valence-corrected chi connectivity index (χ1v) is 8.25. The second-order valence-corrected chi connectivity index (χ2v) is 6.66. The van der Waals surface area contributed by atoms with Crippen LogP contribution in [0.1, 0.15) is 28.1 Å². The average Bonchev–Trinajstić information content (AvgIpc) is 2.78. The van der Waals surface area contributed by atoms with E-state index < -0.39 is 0 Å². The van der Waals surface area contributed by atoms with Crippen LogP contribution < -0.4 is 5.73 Å². The molecule has 114 valence electrons. The van der Waals surface area contributed by atoms with Crippen LogP contribution in [0.3, 0.4) is 0 Å². The largest absolute Gasteiger partial charge is 0.377 e. The molecule has 0 spiro atoms. The zero-order chi connectivity index (χ0) is 15.9. The van der Waals surface area contributed by atoms with Crippen molar-refractivity contribution in [2.24, 2.45) is 15.9 Å². The van der Waals surface area contributed by atoms with Gasteiger partial charge in [-0.2, -0.15) is 5.10 Å². The van der Waals surface area contributed by atoms with E-state index in [1.807, 2.05) is 0 Å². The molecule has 0 unspecified atom stereocenters. The van der Waals surface area contributed by atoms with Gasteiger partial charge in [-0.1, -0.05) is 17.8 Å². The highest BCUT2D eigenvalue weighted by Gasteiger charge is 2.18. The van der Waals surface area contributed by atoms with Crippen LogP contribution >= 0.6 is 11.8 Å². The number of rotatable bonds is 2. The molecule has 1 aromatic carbocycles. The maximum Gasteiger partial charge on any atom is 0.180 e.